The van der Waals surface area contributed by atoms with Gasteiger partial charge in [0.15, 0.2) is 11.5 Å². The normalized spacial score (nSPS) is 10.3. The van der Waals surface area contributed by atoms with Crippen LogP contribution in [0.4, 0.5) is 0 Å². The van der Waals surface area contributed by atoms with E-state index in [1.54, 1.807) is 21.3 Å². The molecule has 0 aliphatic rings. The zero-order chi connectivity index (χ0) is 14.1. The van der Waals surface area contributed by atoms with Crippen LogP contribution >= 0.6 is 11.6 Å². The molecule has 0 fully saturated rings. The summed E-state index contributed by atoms with van der Waals surface area (Å²) in [6, 6.07) is 3.72. The number of rotatable bonds is 9. The number of benzene rings is 1. The van der Waals surface area contributed by atoms with Crippen LogP contribution < -0.4 is 14.2 Å². The van der Waals surface area contributed by atoms with Crippen molar-refractivity contribution in [3.63, 3.8) is 0 Å². The van der Waals surface area contributed by atoms with Crippen molar-refractivity contribution in [2.45, 2.75) is 18.7 Å². The standard InChI is InChI=1S/C14H21ClO4/c1-16-6-4-5-7-19-14-12(17-2)8-11(10-15)9-13(14)18-3/h8-9H,4-7,10H2,1-3H3. The SMILES string of the molecule is COCCCCOc1c(OC)cc(CCl)cc1OC. The highest BCUT2D eigenvalue weighted by molar-refractivity contribution is 6.17. The average molecular weight is 289 g/mol. The van der Waals surface area contributed by atoms with Gasteiger partial charge in [0.05, 0.1) is 20.8 Å². The molecular formula is C14H21ClO4. The molecule has 108 valence electrons. The highest BCUT2D eigenvalue weighted by Gasteiger charge is 2.13. The van der Waals surface area contributed by atoms with Crippen LogP contribution in [-0.4, -0.2) is 34.5 Å². The Balaban J connectivity index is 2.73. The summed E-state index contributed by atoms with van der Waals surface area (Å²) >= 11 is 5.83. The molecule has 4 nitrogen and oxygen atoms in total. The topological polar surface area (TPSA) is 36.9 Å². The molecule has 0 spiro atoms. The Bertz CT molecular complexity index is 357. The van der Waals surface area contributed by atoms with Crippen molar-refractivity contribution < 1.29 is 18.9 Å². The highest BCUT2D eigenvalue weighted by atomic mass is 35.5. The number of hydrogen-bond acceptors (Lipinski definition) is 4. The maximum Gasteiger partial charge on any atom is 0.203 e. The molecule has 0 amide bonds. The molecule has 0 unspecified atom stereocenters. The van der Waals surface area contributed by atoms with E-state index in [1.807, 2.05) is 12.1 Å². The third-order valence-corrected chi connectivity index (χ3v) is 2.97. The van der Waals surface area contributed by atoms with Crippen molar-refractivity contribution in [1.29, 1.82) is 0 Å². The molecule has 1 aromatic carbocycles. The number of hydrogen-bond donors (Lipinski definition) is 0. The van der Waals surface area contributed by atoms with Gasteiger partial charge in [-0.2, -0.15) is 0 Å². The molecule has 1 aromatic rings. The Morgan fingerprint density at radius 1 is 0.947 bits per heavy atom. The van der Waals surface area contributed by atoms with Crippen molar-refractivity contribution in [1.82, 2.24) is 0 Å². The van der Waals surface area contributed by atoms with Gasteiger partial charge in [-0.3, -0.25) is 0 Å². The average Bonchev–Trinajstić information content (AvgIpc) is 2.46. The van der Waals surface area contributed by atoms with Gasteiger partial charge >= 0.3 is 0 Å². The molecule has 0 saturated heterocycles. The van der Waals surface area contributed by atoms with E-state index in [2.05, 4.69) is 0 Å². The van der Waals surface area contributed by atoms with Crippen molar-refractivity contribution in [2.75, 3.05) is 34.5 Å². The van der Waals surface area contributed by atoms with E-state index in [-0.39, 0.29) is 0 Å². The second-order valence-corrected chi connectivity index (χ2v) is 4.28. The highest BCUT2D eigenvalue weighted by Crippen LogP contribution is 2.39. The molecule has 5 heteroatoms. The fourth-order valence-corrected chi connectivity index (χ4v) is 1.83. The Labute approximate surface area is 119 Å². The van der Waals surface area contributed by atoms with E-state index in [0.29, 0.717) is 29.7 Å². The van der Waals surface area contributed by atoms with Gasteiger partial charge < -0.3 is 18.9 Å². The summed E-state index contributed by atoms with van der Waals surface area (Å²) in [5.41, 5.74) is 0.932. The van der Waals surface area contributed by atoms with Gasteiger partial charge in [-0.25, -0.2) is 0 Å². The van der Waals surface area contributed by atoms with Crippen molar-refractivity contribution in [3.8, 4) is 17.2 Å². The zero-order valence-corrected chi connectivity index (χ0v) is 12.5. The largest absolute Gasteiger partial charge is 0.493 e. The Kier molecular flexibility index (Phi) is 7.45. The van der Waals surface area contributed by atoms with Gasteiger partial charge in [0.25, 0.3) is 0 Å². The van der Waals surface area contributed by atoms with E-state index in [4.69, 9.17) is 30.5 Å². The maximum absolute atomic E-state index is 5.83. The molecule has 0 aliphatic heterocycles. The van der Waals surface area contributed by atoms with Gasteiger partial charge in [-0.15, -0.1) is 11.6 Å². The van der Waals surface area contributed by atoms with Crippen LogP contribution in [0.25, 0.3) is 0 Å². The van der Waals surface area contributed by atoms with E-state index in [1.165, 1.54) is 0 Å². The van der Waals surface area contributed by atoms with Crippen LogP contribution in [0, 0.1) is 0 Å². The van der Waals surface area contributed by atoms with Crippen molar-refractivity contribution >= 4 is 11.6 Å². The first kappa shape index (κ1) is 15.9. The monoisotopic (exact) mass is 288 g/mol. The molecule has 0 aliphatic carbocycles. The van der Waals surface area contributed by atoms with Gasteiger partial charge in [-0.1, -0.05) is 0 Å². The lowest BCUT2D eigenvalue weighted by Crippen LogP contribution is -2.03. The first-order valence-corrected chi connectivity index (χ1v) is 6.72. The number of halogens is 1. The van der Waals surface area contributed by atoms with Crippen molar-refractivity contribution in [2.24, 2.45) is 0 Å². The molecular weight excluding hydrogens is 268 g/mol. The fraction of sp³-hybridized carbons (Fsp3) is 0.571. The van der Waals surface area contributed by atoms with Crippen LogP contribution in [0.15, 0.2) is 12.1 Å². The predicted molar refractivity (Wildman–Crippen MR) is 75.7 cm³/mol. The summed E-state index contributed by atoms with van der Waals surface area (Å²) in [6.07, 6.45) is 1.87. The van der Waals surface area contributed by atoms with Crippen molar-refractivity contribution in [3.05, 3.63) is 17.7 Å². The number of ether oxygens (including phenoxy) is 4. The predicted octanol–water partition coefficient (Wildman–Crippen LogP) is 3.25. The van der Waals surface area contributed by atoms with Crippen LogP contribution in [-0.2, 0) is 10.6 Å². The molecule has 0 radical (unpaired) electrons. The van der Waals surface area contributed by atoms with Crippen LogP contribution in [0.2, 0.25) is 0 Å². The Morgan fingerprint density at radius 2 is 1.53 bits per heavy atom. The zero-order valence-electron chi connectivity index (χ0n) is 11.7. The van der Waals surface area contributed by atoms with E-state index < -0.39 is 0 Å². The van der Waals surface area contributed by atoms with E-state index in [0.717, 1.165) is 25.0 Å². The first-order chi connectivity index (χ1) is 9.26. The van der Waals surface area contributed by atoms with Crippen LogP contribution in [0.3, 0.4) is 0 Å². The molecule has 0 aromatic heterocycles. The first-order valence-electron chi connectivity index (χ1n) is 6.19. The molecule has 1 rings (SSSR count). The summed E-state index contributed by atoms with van der Waals surface area (Å²) in [4.78, 5) is 0. The molecule has 0 bridgehead atoms. The van der Waals surface area contributed by atoms with E-state index >= 15 is 0 Å². The third-order valence-electron chi connectivity index (χ3n) is 2.66. The number of unbranched alkanes of at least 4 members (excludes halogenated alkanes) is 1. The minimum atomic E-state index is 0.404. The number of alkyl halides is 1. The molecule has 0 atom stereocenters. The summed E-state index contributed by atoms with van der Waals surface area (Å²) in [6.45, 7) is 1.33. The molecule has 0 heterocycles. The van der Waals surface area contributed by atoms with Gasteiger partial charge in [-0.05, 0) is 30.5 Å². The van der Waals surface area contributed by atoms with Crippen LogP contribution in [0.1, 0.15) is 18.4 Å². The van der Waals surface area contributed by atoms with Crippen LogP contribution in [0.5, 0.6) is 17.2 Å². The summed E-state index contributed by atoms with van der Waals surface area (Å²) in [5.74, 6) is 2.31. The third kappa shape index (κ3) is 4.80. The fourth-order valence-electron chi connectivity index (χ4n) is 1.68. The van der Waals surface area contributed by atoms with Gasteiger partial charge in [0.2, 0.25) is 5.75 Å². The quantitative estimate of drug-likeness (QED) is 0.516. The summed E-state index contributed by atoms with van der Waals surface area (Å²) in [5, 5.41) is 0. The molecule has 0 N–H and O–H groups in total. The second kappa shape index (κ2) is 8.88. The summed E-state index contributed by atoms with van der Waals surface area (Å²) in [7, 11) is 4.90. The number of methoxy groups -OCH3 is 3. The molecule has 19 heavy (non-hydrogen) atoms. The maximum atomic E-state index is 5.83. The smallest absolute Gasteiger partial charge is 0.203 e. The van der Waals surface area contributed by atoms with Gasteiger partial charge in [0, 0.05) is 19.6 Å². The second-order valence-electron chi connectivity index (χ2n) is 4.01. The minimum absolute atomic E-state index is 0.404. The Morgan fingerprint density at radius 3 is 2.00 bits per heavy atom. The minimum Gasteiger partial charge on any atom is -0.493 e. The molecule has 0 saturated carbocycles. The lowest BCUT2D eigenvalue weighted by Gasteiger charge is -2.15. The summed E-state index contributed by atoms with van der Waals surface area (Å²) < 4.78 is 21.4. The van der Waals surface area contributed by atoms with E-state index in [9.17, 15) is 0 Å². The lowest BCUT2D eigenvalue weighted by atomic mass is 10.2. The Hall–Kier alpha value is -1.13. The van der Waals surface area contributed by atoms with Gasteiger partial charge in [0.1, 0.15) is 0 Å². The lowest BCUT2D eigenvalue weighted by molar-refractivity contribution is 0.182.